The number of carbonyl (C=O) groups is 1. The monoisotopic (exact) mass is 339 g/mol. The fourth-order valence-electron chi connectivity index (χ4n) is 4.05. The second-order valence-electron chi connectivity index (χ2n) is 6.42. The van der Waals surface area contributed by atoms with Crippen LogP contribution in [0.4, 0.5) is 5.82 Å². The summed E-state index contributed by atoms with van der Waals surface area (Å²) >= 11 is 1.53. The van der Waals surface area contributed by atoms with E-state index < -0.39 is 0 Å². The molecule has 2 unspecified atom stereocenters. The van der Waals surface area contributed by atoms with E-state index in [-0.39, 0.29) is 18.0 Å². The van der Waals surface area contributed by atoms with E-state index in [4.69, 9.17) is 0 Å². The number of piperazine rings is 1. The molecular weight excluding hydrogens is 322 g/mol. The normalized spacial score (nSPS) is 23.2. The number of nitrogens with one attached hydrogen (secondary N) is 1. The van der Waals surface area contributed by atoms with E-state index in [0.717, 1.165) is 47.7 Å². The summed E-state index contributed by atoms with van der Waals surface area (Å²) in [4.78, 5) is 30.0. The van der Waals surface area contributed by atoms with E-state index in [1.165, 1.54) is 11.3 Å². The highest BCUT2D eigenvalue weighted by Crippen LogP contribution is 2.35. The number of anilines is 1. The minimum absolute atomic E-state index is 0.187. The van der Waals surface area contributed by atoms with Crippen molar-refractivity contribution in [3.63, 3.8) is 0 Å². The number of H-pyrrole nitrogens is 1. The average molecular weight is 339 g/mol. The van der Waals surface area contributed by atoms with Crippen LogP contribution in [0, 0.1) is 0 Å². The van der Waals surface area contributed by atoms with Gasteiger partial charge in [0.25, 0.3) is 5.91 Å². The molecule has 2 atom stereocenters. The predicted octanol–water partition coefficient (Wildman–Crippen LogP) is 2.51. The molecule has 0 saturated carbocycles. The van der Waals surface area contributed by atoms with Gasteiger partial charge in [-0.05, 0) is 30.4 Å². The molecule has 122 valence electrons. The summed E-state index contributed by atoms with van der Waals surface area (Å²) < 4.78 is 0. The number of aromatic nitrogens is 3. The lowest BCUT2D eigenvalue weighted by Crippen LogP contribution is -2.56. The quantitative estimate of drug-likeness (QED) is 0.779. The van der Waals surface area contributed by atoms with Crippen LogP contribution in [0.5, 0.6) is 0 Å². The number of amides is 1. The maximum atomic E-state index is 12.8. The highest BCUT2D eigenvalue weighted by atomic mass is 32.1. The molecule has 2 aliphatic heterocycles. The zero-order chi connectivity index (χ0) is 16.1. The standard InChI is InChI=1S/C17H17N5OS/c23-17(14-2-1-7-24-14)22-11-3-4-12(22)9-21(8-11)16-13-5-6-18-15(13)19-10-20-16/h1-2,5-7,10-12H,3-4,8-9H2,(H,18,19,20). The maximum absolute atomic E-state index is 12.8. The lowest BCUT2D eigenvalue weighted by molar-refractivity contribution is 0.0646. The van der Waals surface area contributed by atoms with Crippen molar-refractivity contribution in [3.05, 3.63) is 41.0 Å². The molecule has 0 aliphatic carbocycles. The summed E-state index contributed by atoms with van der Waals surface area (Å²) in [6.07, 6.45) is 5.65. The smallest absolute Gasteiger partial charge is 0.264 e. The Morgan fingerprint density at radius 1 is 1.21 bits per heavy atom. The Bertz CT molecular complexity index is 875. The maximum Gasteiger partial charge on any atom is 0.264 e. The first-order chi connectivity index (χ1) is 11.8. The zero-order valence-corrected chi connectivity index (χ0v) is 13.9. The summed E-state index contributed by atoms with van der Waals surface area (Å²) in [6, 6.07) is 6.42. The van der Waals surface area contributed by atoms with Crippen molar-refractivity contribution >= 4 is 34.1 Å². The summed E-state index contributed by atoms with van der Waals surface area (Å²) in [7, 11) is 0. The molecule has 5 heterocycles. The van der Waals surface area contributed by atoms with Crippen molar-refractivity contribution < 1.29 is 4.79 Å². The van der Waals surface area contributed by atoms with Gasteiger partial charge in [-0.25, -0.2) is 9.97 Å². The van der Waals surface area contributed by atoms with Gasteiger partial charge in [-0.15, -0.1) is 11.3 Å². The number of fused-ring (bicyclic) bond motifs is 3. The molecule has 0 radical (unpaired) electrons. The molecule has 2 bridgehead atoms. The second kappa shape index (κ2) is 5.31. The van der Waals surface area contributed by atoms with Crippen LogP contribution >= 0.6 is 11.3 Å². The Labute approximate surface area is 143 Å². The van der Waals surface area contributed by atoms with E-state index in [1.807, 2.05) is 29.8 Å². The molecule has 3 aromatic heterocycles. The van der Waals surface area contributed by atoms with Crippen LogP contribution in [0.1, 0.15) is 22.5 Å². The Hall–Kier alpha value is -2.41. The number of hydrogen-bond acceptors (Lipinski definition) is 5. The van der Waals surface area contributed by atoms with Crippen molar-refractivity contribution in [2.45, 2.75) is 24.9 Å². The molecular formula is C17H17N5OS. The van der Waals surface area contributed by atoms with E-state index in [1.54, 1.807) is 6.33 Å². The number of carbonyl (C=O) groups excluding carboxylic acids is 1. The largest absolute Gasteiger partial charge is 0.352 e. The third-order valence-electron chi connectivity index (χ3n) is 5.08. The van der Waals surface area contributed by atoms with Gasteiger partial charge in [-0.3, -0.25) is 4.79 Å². The zero-order valence-electron chi connectivity index (χ0n) is 13.1. The molecule has 6 nitrogen and oxygen atoms in total. The summed E-state index contributed by atoms with van der Waals surface area (Å²) in [5.74, 6) is 1.16. The Kier molecular flexibility index (Phi) is 3.09. The second-order valence-corrected chi connectivity index (χ2v) is 7.36. The first kappa shape index (κ1) is 14.0. The predicted molar refractivity (Wildman–Crippen MR) is 93.4 cm³/mol. The summed E-state index contributed by atoms with van der Waals surface area (Å²) in [5, 5.41) is 3.02. The summed E-state index contributed by atoms with van der Waals surface area (Å²) in [6.45, 7) is 1.68. The molecule has 5 rings (SSSR count). The van der Waals surface area contributed by atoms with Gasteiger partial charge in [0.15, 0.2) is 0 Å². The first-order valence-electron chi connectivity index (χ1n) is 8.20. The lowest BCUT2D eigenvalue weighted by atomic mass is 10.1. The van der Waals surface area contributed by atoms with Gasteiger partial charge in [-0.2, -0.15) is 0 Å². The number of thiophene rings is 1. The third-order valence-corrected chi connectivity index (χ3v) is 5.94. The molecule has 0 spiro atoms. The van der Waals surface area contributed by atoms with Crippen LogP contribution in [-0.2, 0) is 0 Å². The number of nitrogens with zero attached hydrogens (tertiary/aromatic N) is 4. The van der Waals surface area contributed by atoms with Crippen LogP contribution in [0.2, 0.25) is 0 Å². The molecule has 0 aromatic carbocycles. The fraction of sp³-hybridized carbons (Fsp3) is 0.353. The molecule has 2 fully saturated rings. The first-order valence-corrected chi connectivity index (χ1v) is 9.08. The van der Waals surface area contributed by atoms with Gasteiger partial charge in [0, 0.05) is 19.3 Å². The number of aromatic amines is 1. The molecule has 24 heavy (non-hydrogen) atoms. The minimum atomic E-state index is 0.187. The van der Waals surface area contributed by atoms with Crippen LogP contribution in [0.3, 0.4) is 0 Å². The highest BCUT2D eigenvalue weighted by Gasteiger charge is 2.43. The van der Waals surface area contributed by atoms with Gasteiger partial charge in [0.05, 0.1) is 22.3 Å². The van der Waals surface area contributed by atoms with E-state index >= 15 is 0 Å². The van der Waals surface area contributed by atoms with Crippen LogP contribution in [0.25, 0.3) is 11.0 Å². The number of hydrogen-bond donors (Lipinski definition) is 1. The Morgan fingerprint density at radius 2 is 2.04 bits per heavy atom. The van der Waals surface area contributed by atoms with Crippen LogP contribution < -0.4 is 4.90 Å². The fourth-order valence-corrected chi connectivity index (χ4v) is 4.71. The van der Waals surface area contributed by atoms with Crippen LogP contribution in [-0.4, -0.2) is 50.9 Å². The van der Waals surface area contributed by atoms with E-state index in [2.05, 4.69) is 24.8 Å². The lowest BCUT2D eigenvalue weighted by Gasteiger charge is -2.41. The number of rotatable bonds is 2. The van der Waals surface area contributed by atoms with Crippen molar-refractivity contribution in [2.75, 3.05) is 18.0 Å². The SMILES string of the molecule is O=C(c1cccs1)N1C2CCC1CN(c1ncnc3[nH]ccc13)C2. The molecule has 1 N–H and O–H groups in total. The molecule has 7 heteroatoms. The van der Waals surface area contributed by atoms with Gasteiger partial charge >= 0.3 is 0 Å². The van der Waals surface area contributed by atoms with Crippen LogP contribution in [0.15, 0.2) is 36.1 Å². The summed E-state index contributed by atoms with van der Waals surface area (Å²) in [5.41, 5.74) is 0.865. The topological polar surface area (TPSA) is 65.1 Å². The van der Waals surface area contributed by atoms with Crippen molar-refractivity contribution in [2.24, 2.45) is 0 Å². The van der Waals surface area contributed by atoms with Gasteiger partial charge in [0.2, 0.25) is 0 Å². The molecule has 2 saturated heterocycles. The minimum Gasteiger partial charge on any atom is -0.352 e. The third kappa shape index (κ3) is 2.04. The van der Waals surface area contributed by atoms with Crippen molar-refractivity contribution in [1.82, 2.24) is 19.9 Å². The molecule has 1 amide bonds. The highest BCUT2D eigenvalue weighted by molar-refractivity contribution is 7.12. The van der Waals surface area contributed by atoms with Crippen molar-refractivity contribution in [3.8, 4) is 0 Å². The Morgan fingerprint density at radius 3 is 2.79 bits per heavy atom. The van der Waals surface area contributed by atoms with E-state index in [0.29, 0.717) is 0 Å². The van der Waals surface area contributed by atoms with Gasteiger partial charge in [0.1, 0.15) is 17.8 Å². The average Bonchev–Trinajstić information content (AvgIpc) is 3.33. The van der Waals surface area contributed by atoms with E-state index in [9.17, 15) is 4.79 Å². The molecule has 2 aliphatic rings. The van der Waals surface area contributed by atoms with Crippen molar-refractivity contribution in [1.29, 1.82) is 0 Å². The molecule has 3 aromatic rings. The Balaban J connectivity index is 1.45. The van der Waals surface area contributed by atoms with Gasteiger partial charge < -0.3 is 14.8 Å². The van der Waals surface area contributed by atoms with Gasteiger partial charge in [-0.1, -0.05) is 6.07 Å².